The van der Waals surface area contributed by atoms with Gasteiger partial charge in [0.2, 0.25) is 0 Å². The van der Waals surface area contributed by atoms with Crippen LogP contribution in [0.5, 0.6) is 0 Å². The standard InChI is InChI=1S/C9H18N2O.2ClH/c1-11-5-2-3-9(8-11)7-10-4-6-12-9;;/h10H,2-8H2,1H3;2*1H. The molecule has 0 amide bonds. The topological polar surface area (TPSA) is 24.5 Å². The summed E-state index contributed by atoms with van der Waals surface area (Å²) in [4.78, 5) is 2.37. The van der Waals surface area contributed by atoms with Gasteiger partial charge >= 0.3 is 0 Å². The van der Waals surface area contributed by atoms with Crippen molar-refractivity contribution in [1.82, 2.24) is 10.2 Å². The van der Waals surface area contributed by atoms with Crippen LogP contribution in [-0.4, -0.2) is 50.3 Å². The Morgan fingerprint density at radius 1 is 1.36 bits per heavy atom. The summed E-state index contributed by atoms with van der Waals surface area (Å²) in [6.07, 6.45) is 2.50. The number of halogens is 2. The quantitative estimate of drug-likeness (QED) is 0.684. The molecule has 0 aliphatic carbocycles. The average Bonchev–Trinajstić information content (AvgIpc) is 2.05. The molecular formula is C9H20Cl2N2O. The van der Waals surface area contributed by atoms with Gasteiger partial charge in [0.25, 0.3) is 0 Å². The van der Waals surface area contributed by atoms with Crippen LogP contribution in [0.1, 0.15) is 12.8 Å². The number of nitrogens with zero attached hydrogens (tertiary/aromatic N) is 1. The molecule has 0 radical (unpaired) electrons. The van der Waals surface area contributed by atoms with Gasteiger partial charge in [0, 0.05) is 19.6 Å². The van der Waals surface area contributed by atoms with Crippen LogP contribution >= 0.6 is 24.8 Å². The second-order valence-corrected chi connectivity index (χ2v) is 4.05. The van der Waals surface area contributed by atoms with Crippen LogP contribution < -0.4 is 5.32 Å². The van der Waals surface area contributed by atoms with E-state index in [9.17, 15) is 0 Å². The Bertz CT molecular complexity index is 157. The van der Waals surface area contributed by atoms with Gasteiger partial charge < -0.3 is 15.0 Å². The van der Waals surface area contributed by atoms with Gasteiger partial charge in [-0.25, -0.2) is 0 Å². The molecule has 3 nitrogen and oxygen atoms in total. The highest BCUT2D eigenvalue weighted by Gasteiger charge is 2.36. The fourth-order valence-electron chi connectivity index (χ4n) is 2.29. The van der Waals surface area contributed by atoms with Crippen LogP contribution in [0.15, 0.2) is 0 Å². The highest BCUT2D eigenvalue weighted by molar-refractivity contribution is 5.85. The van der Waals surface area contributed by atoms with Crippen molar-refractivity contribution in [1.29, 1.82) is 0 Å². The molecule has 0 aromatic rings. The largest absolute Gasteiger partial charge is 0.371 e. The first-order chi connectivity index (χ1) is 5.81. The van der Waals surface area contributed by atoms with Gasteiger partial charge in [0.1, 0.15) is 0 Å². The zero-order chi connectivity index (χ0) is 8.44. The van der Waals surface area contributed by atoms with Crippen molar-refractivity contribution in [2.24, 2.45) is 0 Å². The highest BCUT2D eigenvalue weighted by atomic mass is 35.5. The molecule has 2 saturated heterocycles. The van der Waals surface area contributed by atoms with E-state index < -0.39 is 0 Å². The van der Waals surface area contributed by atoms with Gasteiger partial charge in [0.15, 0.2) is 0 Å². The summed E-state index contributed by atoms with van der Waals surface area (Å²) in [5.74, 6) is 0. The SMILES string of the molecule is CN1CCCC2(CNCCO2)C1.Cl.Cl. The van der Waals surface area contributed by atoms with Crippen molar-refractivity contribution in [3.8, 4) is 0 Å². The van der Waals surface area contributed by atoms with Crippen molar-refractivity contribution in [2.45, 2.75) is 18.4 Å². The lowest BCUT2D eigenvalue weighted by atomic mass is 9.92. The predicted octanol–water partition coefficient (Wildman–Crippen LogP) is 0.914. The van der Waals surface area contributed by atoms with Crippen LogP contribution in [-0.2, 0) is 4.74 Å². The number of hydrogen-bond acceptors (Lipinski definition) is 3. The molecule has 86 valence electrons. The van der Waals surface area contributed by atoms with Gasteiger partial charge in [-0.15, -0.1) is 24.8 Å². The molecule has 1 atom stereocenters. The third kappa shape index (κ3) is 3.24. The van der Waals surface area contributed by atoms with Crippen molar-refractivity contribution >= 4 is 24.8 Å². The van der Waals surface area contributed by atoms with Gasteiger partial charge in [-0.2, -0.15) is 0 Å². The molecule has 0 aromatic heterocycles. The third-order valence-electron chi connectivity index (χ3n) is 2.86. The van der Waals surface area contributed by atoms with E-state index in [0.717, 1.165) is 26.2 Å². The van der Waals surface area contributed by atoms with E-state index in [0.29, 0.717) is 0 Å². The minimum absolute atomic E-state index is 0. The number of morpholine rings is 1. The molecule has 1 unspecified atom stereocenters. The molecule has 2 aliphatic rings. The number of piperidine rings is 1. The van der Waals surface area contributed by atoms with E-state index >= 15 is 0 Å². The fourth-order valence-corrected chi connectivity index (χ4v) is 2.29. The summed E-state index contributed by atoms with van der Waals surface area (Å²) in [5.41, 5.74) is 0.144. The fraction of sp³-hybridized carbons (Fsp3) is 1.00. The van der Waals surface area contributed by atoms with E-state index in [1.165, 1.54) is 19.4 Å². The van der Waals surface area contributed by atoms with Crippen molar-refractivity contribution < 1.29 is 4.74 Å². The maximum atomic E-state index is 5.87. The van der Waals surface area contributed by atoms with E-state index in [1.54, 1.807) is 0 Å². The summed E-state index contributed by atoms with van der Waals surface area (Å²) in [7, 11) is 2.18. The van der Waals surface area contributed by atoms with Crippen LogP contribution in [0.2, 0.25) is 0 Å². The predicted molar refractivity (Wildman–Crippen MR) is 62.8 cm³/mol. The second-order valence-electron chi connectivity index (χ2n) is 4.05. The molecule has 2 heterocycles. The Morgan fingerprint density at radius 3 is 2.71 bits per heavy atom. The molecule has 0 saturated carbocycles. The van der Waals surface area contributed by atoms with Crippen molar-refractivity contribution in [3.05, 3.63) is 0 Å². The van der Waals surface area contributed by atoms with Gasteiger partial charge in [-0.05, 0) is 26.4 Å². The summed E-state index contributed by atoms with van der Waals surface area (Å²) in [6, 6.07) is 0. The zero-order valence-electron chi connectivity index (χ0n) is 8.62. The van der Waals surface area contributed by atoms with Crippen LogP contribution in [0.4, 0.5) is 0 Å². The third-order valence-corrected chi connectivity index (χ3v) is 2.86. The number of ether oxygens (including phenoxy) is 1. The molecule has 0 bridgehead atoms. The monoisotopic (exact) mass is 242 g/mol. The summed E-state index contributed by atoms with van der Waals surface area (Å²) >= 11 is 0. The molecule has 2 aliphatic heterocycles. The normalized spacial score (nSPS) is 33.2. The maximum absolute atomic E-state index is 5.87. The average molecular weight is 243 g/mol. The lowest BCUT2D eigenvalue weighted by molar-refractivity contribution is -0.101. The summed E-state index contributed by atoms with van der Waals surface area (Å²) in [5, 5.41) is 3.41. The van der Waals surface area contributed by atoms with Crippen LogP contribution in [0.25, 0.3) is 0 Å². The molecule has 2 fully saturated rings. The van der Waals surface area contributed by atoms with Crippen molar-refractivity contribution in [3.63, 3.8) is 0 Å². The molecule has 5 heteroatoms. The lowest BCUT2D eigenvalue weighted by Crippen LogP contribution is -2.57. The second kappa shape index (κ2) is 6.13. The Kier molecular flexibility index (Phi) is 6.33. The Balaban J connectivity index is 0.000000845. The molecule has 0 aromatic carbocycles. The van der Waals surface area contributed by atoms with E-state index in [2.05, 4.69) is 17.3 Å². The van der Waals surface area contributed by atoms with Gasteiger partial charge in [0.05, 0.1) is 12.2 Å². The summed E-state index contributed by atoms with van der Waals surface area (Å²) < 4.78 is 5.87. The smallest absolute Gasteiger partial charge is 0.0933 e. The molecule has 2 rings (SSSR count). The van der Waals surface area contributed by atoms with E-state index in [1.807, 2.05) is 0 Å². The number of likely N-dealkylation sites (N-methyl/N-ethyl adjacent to an activating group) is 1. The van der Waals surface area contributed by atoms with Gasteiger partial charge in [-0.3, -0.25) is 0 Å². The summed E-state index contributed by atoms with van der Waals surface area (Å²) in [6.45, 7) is 5.27. The van der Waals surface area contributed by atoms with E-state index in [4.69, 9.17) is 4.74 Å². The first kappa shape index (κ1) is 14.5. The first-order valence-electron chi connectivity index (χ1n) is 4.84. The number of nitrogens with one attached hydrogen (secondary N) is 1. The minimum Gasteiger partial charge on any atom is -0.371 e. The molecule has 1 N–H and O–H groups in total. The molecule has 14 heavy (non-hydrogen) atoms. The number of likely N-dealkylation sites (tertiary alicyclic amines) is 1. The highest BCUT2D eigenvalue weighted by Crippen LogP contribution is 2.25. The Hall–Kier alpha value is 0.460. The lowest BCUT2D eigenvalue weighted by Gasteiger charge is -2.43. The molecule has 1 spiro atoms. The Morgan fingerprint density at radius 2 is 2.14 bits per heavy atom. The van der Waals surface area contributed by atoms with Crippen LogP contribution in [0, 0.1) is 0 Å². The van der Waals surface area contributed by atoms with E-state index in [-0.39, 0.29) is 30.4 Å². The van der Waals surface area contributed by atoms with Crippen LogP contribution in [0.3, 0.4) is 0 Å². The number of rotatable bonds is 0. The molecular weight excluding hydrogens is 223 g/mol. The first-order valence-corrected chi connectivity index (χ1v) is 4.84. The zero-order valence-corrected chi connectivity index (χ0v) is 10.3. The van der Waals surface area contributed by atoms with Crippen molar-refractivity contribution in [2.75, 3.05) is 39.8 Å². The Labute approximate surface area is 98.4 Å². The number of hydrogen-bond donors (Lipinski definition) is 1. The maximum Gasteiger partial charge on any atom is 0.0933 e. The van der Waals surface area contributed by atoms with Gasteiger partial charge in [-0.1, -0.05) is 0 Å². The minimum atomic E-state index is 0.